The SMILES string of the molecule is CC(Oc1ccc(N)c(C(=N)/C=C/c2cnn(C3CCSCC3)c2)c1)c1ccnc(C2CC2)n1. The lowest BCUT2D eigenvalue weighted by Gasteiger charge is -2.21. The van der Waals surface area contributed by atoms with Crippen molar-refractivity contribution in [3.63, 3.8) is 0 Å². The van der Waals surface area contributed by atoms with Crippen LogP contribution in [0.2, 0.25) is 0 Å². The van der Waals surface area contributed by atoms with E-state index >= 15 is 0 Å². The number of nitrogen functional groups attached to an aromatic ring is 1. The second-order valence-corrected chi connectivity index (χ2v) is 10.2. The molecule has 0 radical (unpaired) electrons. The molecule has 1 saturated heterocycles. The molecule has 8 heteroatoms. The lowest BCUT2D eigenvalue weighted by molar-refractivity contribution is 0.221. The second-order valence-electron chi connectivity index (χ2n) is 8.97. The number of rotatable bonds is 8. The molecule has 1 atom stereocenters. The van der Waals surface area contributed by atoms with Crippen LogP contribution in [0.1, 0.15) is 73.3 Å². The van der Waals surface area contributed by atoms with Gasteiger partial charge in [-0.05, 0) is 80.5 Å². The largest absolute Gasteiger partial charge is 0.484 e. The number of ether oxygens (including phenoxy) is 1. The third-order valence-corrected chi connectivity index (χ3v) is 7.36. The molecule has 1 aliphatic carbocycles. The van der Waals surface area contributed by atoms with Gasteiger partial charge in [0.2, 0.25) is 0 Å². The molecule has 34 heavy (non-hydrogen) atoms. The summed E-state index contributed by atoms with van der Waals surface area (Å²) in [6.45, 7) is 1.98. The summed E-state index contributed by atoms with van der Waals surface area (Å²) in [6.07, 6.45) is 13.8. The van der Waals surface area contributed by atoms with Crippen LogP contribution in [0.15, 0.2) is 48.9 Å². The summed E-state index contributed by atoms with van der Waals surface area (Å²) >= 11 is 2.01. The zero-order chi connectivity index (χ0) is 23.5. The Morgan fingerprint density at radius 1 is 1.24 bits per heavy atom. The zero-order valence-corrected chi connectivity index (χ0v) is 20.2. The molecule has 3 N–H and O–H groups in total. The smallest absolute Gasteiger partial charge is 0.138 e. The van der Waals surface area contributed by atoms with Crippen molar-refractivity contribution in [3.05, 3.63) is 71.6 Å². The second kappa shape index (κ2) is 10.0. The first-order valence-corrected chi connectivity index (χ1v) is 13.0. The first kappa shape index (κ1) is 22.7. The molecule has 5 rings (SSSR count). The fraction of sp³-hybridized carbons (Fsp3) is 0.385. The number of benzene rings is 1. The van der Waals surface area contributed by atoms with E-state index in [-0.39, 0.29) is 6.10 Å². The first-order valence-electron chi connectivity index (χ1n) is 11.8. The molecule has 0 spiro atoms. The van der Waals surface area contributed by atoms with Crippen LogP contribution < -0.4 is 10.5 Å². The van der Waals surface area contributed by atoms with Gasteiger partial charge in [0.15, 0.2) is 0 Å². The summed E-state index contributed by atoms with van der Waals surface area (Å²) < 4.78 is 8.22. The Bertz CT molecular complexity index is 1200. The molecule has 1 unspecified atom stereocenters. The highest BCUT2D eigenvalue weighted by molar-refractivity contribution is 7.99. The van der Waals surface area contributed by atoms with Gasteiger partial charge in [0.05, 0.1) is 23.6 Å². The number of anilines is 1. The van der Waals surface area contributed by atoms with Crippen molar-refractivity contribution in [2.75, 3.05) is 17.2 Å². The van der Waals surface area contributed by atoms with Crippen LogP contribution in [0.3, 0.4) is 0 Å². The quantitative estimate of drug-likeness (QED) is 0.334. The topological polar surface area (TPSA) is 103 Å². The molecule has 1 saturated carbocycles. The molecule has 3 aromatic rings. The van der Waals surface area contributed by atoms with E-state index in [0.717, 1.165) is 42.8 Å². The van der Waals surface area contributed by atoms with Crippen LogP contribution >= 0.6 is 11.8 Å². The number of nitrogens with one attached hydrogen (secondary N) is 1. The fourth-order valence-corrected chi connectivity index (χ4v) is 5.20. The number of allylic oxidation sites excluding steroid dienone is 1. The van der Waals surface area contributed by atoms with Crippen molar-refractivity contribution in [3.8, 4) is 5.75 Å². The third kappa shape index (κ3) is 5.33. The van der Waals surface area contributed by atoms with Crippen LogP contribution in [0.25, 0.3) is 6.08 Å². The highest BCUT2D eigenvalue weighted by Gasteiger charge is 2.27. The Kier molecular flexibility index (Phi) is 6.67. The highest BCUT2D eigenvalue weighted by atomic mass is 32.2. The average molecular weight is 475 g/mol. The lowest BCUT2D eigenvalue weighted by atomic mass is 10.1. The van der Waals surface area contributed by atoms with Crippen LogP contribution in [0.5, 0.6) is 5.75 Å². The van der Waals surface area contributed by atoms with Gasteiger partial charge in [-0.1, -0.05) is 0 Å². The number of nitrogens with zero attached hydrogens (tertiary/aromatic N) is 4. The van der Waals surface area contributed by atoms with E-state index in [1.54, 1.807) is 18.3 Å². The molecule has 1 aromatic carbocycles. The van der Waals surface area contributed by atoms with Gasteiger partial charge in [-0.2, -0.15) is 16.9 Å². The summed E-state index contributed by atoms with van der Waals surface area (Å²) in [5.74, 6) is 4.44. The Morgan fingerprint density at radius 2 is 2.06 bits per heavy atom. The predicted octanol–water partition coefficient (Wildman–Crippen LogP) is 5.42. The maximum Gasteiger partial charge on any atom is 0.138 e. The zero-order valence-electron chi connectivity index (χ0n) is 19.4. The minimum atomic E-state index is -0.231. The van der Waals surface area contributed by atoms with E-state index < -0.39 is 0 Å². The Morgan fingerprint density at radius 3 is 2.85 bits per heavy atom. The summed E-state index contributed by atoms with van der Waals surface area (Å²) in [4.78, 5) is 9.07. The minimum Gasteiger partial charge on any atom is -0.484 e. The van der Waals surface area contributed by atoms with E-state index in [4.69, 9.17) is 15.9 Å². The van der Waals surface area contributed by atoms with E-state index in [2.05, 4.69) is 25.9 Å². The monoisotopic (exact) mass is 474 g/mol. The van der Waals surface area contributed by atoms with Crippen LogP contribution in [-0.2, 0) is 0 Å². The van der Waals surface area contributed by atoms with Crippen molar-refractivity contribution in [2.24, 2.45) is 0 Å². The molecule has 2 aromatic heterocycles. The average Bonchev–Trinajstić information content (AvgIpc) is 3.62. The van der Waals surface area contributed by atoms with Crippen molar-refractivity contribution in [1.82, 2.24) is 19.7 Å². The van der Waals surface area contributed by atoms with E-state index in [9.17, 15) is 0 Å². The highest BCUT2D eigenvalue weighted by Crippen LogP contribution is 2.38. The van der Waals surface area contributed by atoms with Gasteiger partial charge in [-0.3, -0.25) is 4.68 Å². The molecule has 2 aliphatic rings. The van der Waals surface area contributed by atoms with E-state index in [0.29, 0.717) is 34.7 Å². The molecule has 176 valence electrons. The molecular formula is C26H30N6OS. The van der Waals surface area contributed by atoms with Gasteiger partial charge in [0.25, 0.3) is 0 Å². The van der Waals surface area contributed by atoms with Crippen LogP contribution in [0.4, 0.5) is 5.69 Å². The number of hydrogen-bond acceptors (Lipinski definition) is 7. The van der Waals surface area contributed by atoms with Gasteiger partial charge < -0.3 is 15.9 Å². The summed E-state index contributed by atoms with van der Waals surface area (Å²) in [5, 5.41) is 13.1. The number of nitrogens with two attached hydrogens (primary N) is 1. The maximum absolute atomic E-state index is 8.57. The number of aromatic nitrogens is 4. The van der Waals surface area contributed by atoms with E-state index in [1.165, 1.54) is 11.5 Å². The number of thioether (sulfide) groups is 1. The van der Waals surface area contributed by atoms with Crippen molar-refractivity contribution >= 4 is 29.2 Å². The van der Waals surface area contributed by atoms with E-state index in [1.807, 2.05) is 49.2 Å². The normalized spacial score (nSPS) is 17.7. The van der Waals surface area contributed by atoms with Crippen molar-refractivity contribution in [2.45, 2.75) is 50.7 Å². The van der Waals surface area contributed by atoms with Gasteiger partial charge >= 0.3 is 0 Å². The van der Waals surface area contributed by atoms with Crippen molar-refractivity contribution < 1.29 is 4.74 Å². The molecule has 7 nitrogen and oxygen atoms in total. The molecule has 1 aliphatic heterocycles. The molecule has 0 bridgehead atoms. The Balaban J connectivity index is 1.26. The first-order chi connectivity index (χ1) is 16.6. The van der Waals surface area contributed by atoms with Crippen LogP contribution in [0, 0.1) is 5.41 Å². The Labute approximate surface area is 204 Å². The minimum absolute atomic E-state index is 0.231. The summed E-state index contributed by atoms with van der Waals surface area (Å²) in [7, 11) is 0. The lowest BCUT2D eigenvalue weighted by Crippen LogP contribution is -2.15. The van der Waals surface area contributed by atoms with Gasteiger partial charge in [-0.15, -0.1) is 0 Å². The van der Waals surface area contributed by atoms with Gasteiger partial charge in [-0.25, -0.2) is 9.97 Å². The fourth-order valence-electron chi connectivity index (χ4n) is 4.12. The third-order valence-electron chi connectivity index (χ3n) is 6.31. The molecule has 2 fully saturated rings. The van der Waals surface area contributed by atoms with Gasteiger partial charge in [0, 0.05) is 35.1 Å². The summed E-state index contributed by atoms with van der Waals surface area (Å²) in [6, 6.07) is 7.82. The predicted molar refractivity (Wildman–Crippen MR) is 138 cm³/mol. The maximum atomic E-state index is 8.57. The Hall–Kier alpha value is -3.13. The molecule has 0 amide bonds. The summed E-state index contributed by atoms with van der Waals surface area (Å²) in [5.41, 5.74) is 9.55. The van der Waals surface area contributed by atoms with Crippen molar-refractivity contribution in [1.29, 1.82) is 5.41 Å². The van der Waals surface area contributed by atoms with Crippen LogP contribution in [-0.4, -0.2) is 37.0 Å². The molecule has 3 heterocycles. The standard InChI is InChI=1S/C26H30N6OS/c1-17(25-8-11-29-26(31-25)19-3-4-19)33-21-5-7-24(28)22(14-21)23(27)6-2-18-15-30-32(16-18)20-9-12-34-13-10-20/h2,5-8,11,14-17,19-20,27H,3-4,9-10,12-13,28H2,1H3/b6-2+,27-23?. The number of hydrogen-bond donors (Lipinski definition) is 2. The van der Waals surface area contributed by atoms with Gasteiger partial charge in [0.1, 0.15) is 17.7 Å². The molecular weight excluding hydrogens is 444 g/mol.